The number of hydrogen-bond acceptors (Lipinski definition) is 1. The van der Waals surface area contributed by atoms with E-state index in [2.05, 4.69) is 4.98 Å². The zero-order valence-electron chi connectivity index (χ0n) is 8.80. The molecule has 0 radical (unpaired) electrons. The average molecular weight is 292 g/mol. The van der Waals surface area contributed by atoms with Crippen LogP contribution in [-0.2, 0) is 6.18 Å². The summed E-state index contributed by atoms with van der Waals surface area (Å²) in [7, 11) is 0. The minimum atomic E-state index is -4.47. The highest BCUT2D eigenvalue weighted by atomic mass is 35.5. The van der Waals surface area contributed by atoms with E-state index in [0.29, 0.717) is 10.6 Å². The van der Waals surface area contributed by atoms with E-state index in [4.69, 9.17) is 23.2 Å². The van der Waals surface area contributed by atoms with Gasteiger partial charge in [-0.2, -0.15) is 13.2 Å². The minimum Gasteiger partial charge on any atom is -0.236 e. The number of rotatable bonds is 1. The van der Waals surface area contributed by atoms with Crippen LogP contribution in [0, 0.1) is 0 Å². The predicted octanol–water partition coefficient (Wildman–Crippen LogP) is 5.07. The molecule has 0 N–H and O–H groups in total. The highest BCUT2D eigenvalue weighted by molar-refractivity contribution is 6.33. The number of hydrogen-bond donors (Lipinski definition) is 0. The van der Waals surface area contributed by atoms with Crippen LogP contribution in [0.5, 0.6) is 0 Å². The Bertz CT molecular complexity index is 582. The second-order valence-electron chi connectivity index (χ2n) is 3.54. The van der Waals surface area contributed by atoms with Gasteiger partial charge < -0.3 is 0 Å². The Morgan fingerprint density at radius 2 is 1.67 bits per heavy atom. The first-order valence-corrected chi connectivity index (χ1v) is 5.63. The summed E-state index contributed by atoms with van der Waals surface area (Å²) in [6.07, 6.45) is -4.47. The van der Waals surface area contributed by atoms with E-state index in [9.17, 15) is 13.2 Å². The van der Waals surface area contributed by atoms with Gasteiger partial charge in [0.05, 0.1) is 11.3 Å². The van der Waals surface area contributed by atoms with Gasteiger partial charge in [0.2, 0.25) is 0 Å². The number of benzene rings is 1. The van der Waals surface area contributed by atoms with E-state index >= 15 is 0 Å². The lowest BCUT2D eigenvalue weighted by atomic mass is 10.1. The summed E-state index contributed by atoms with van der Waals surface area (Å²) in [6, 6.07) is 8.21. The molecule has 0 bridgehead atoms. The zero-order chi connectivity index (χ0) is 13.3. The Hall–Kier alpha value is -1.26. The maximum absolute atomic E-state index is 12.6. The quantitative estimate of drug-likeness (QED) is 0.668. The first kappa shape index (κ1) is 13.2. The summed E-state index contributed by atoms with van der Waals surface area (Å²) >= 11 is 11.5. The molecule has 6 heteroatoms. The summed E-state index contributed by atoms with van der Waals surface area (Å²) in [5, 5.41) is 0.0973. The largest absolute Gasteiger partial charge is 0.416 e. The van der Waals surface area contributed by atoms with Crippen molar-refractivity contribution in [1.82, 2.24) is 4.98 Å². The predicted molar refractivity (Wildman–Crippen MR) is 64.7 cm³/mol. The molecule has 0 fully saturated rings. The molecular weight excluding hydrogens is 286 g/mol. The molecule has 0 atom stereocenters. The number of nitrogens with zero attached hydrogens (tertiary/aromatic N) is 1. The lowest BCUT2D eigenvalue weighted by Crippen LogP contribution is -2.05. The Balaban J connectivity index is 2.60. The lowest BCUT2D eigenvalue weighted by molar-refractivity contribution is -0.137. The molecule has 2 aromatic rings. The lowest BCUT2D eigenvalue weighted by Gasteiger charge is -2.10. The molecule has 0 unspecified atom stereocenters. The highest BCUT2D eigenvalue weighted by Gasteiger charge is 2.31. The van der Waals surface area contributed by atoms with Crippen molar-refractivity contribution in [2.75, 3.05) is 0 Å². The molecule has 18 heavy (non-hydrogen) atoms. The Morgan fingerprint density at radius 3 is 2.28 bits per heavy atom. The Labute approximate surface area is 111 Å². The van der Waals surface area contributed by atoms with Gasteiger partial charge in [-0.15, -0.1) is 0 Å². The van der Waals surface area contributed by atoms with Crippen molar-refractivity contribution >= 4 is 23.2 Å². The summed E-state index contributed by atoms with van der Waals surface area (Å²) in [4.78, 5) is 3.86. The smallest absolute Gasteiger partial charge is 0.236 e. The average Bonchev–Trinajstić information content (AvgIpc) is 2.27. The molecule has 0 spiro atoms. The molecule has 0 saturated carbocycles. The van der Waals surface area contributed by atoms with Crippen LogP contribution >= 0.6 is 23.2 Å². The third-order valence-electron chi connectivity index (χ3n) is 2.27. The normalized spacial score (nSPS) is 11.6. The minimum absolute atomic E-state index is 0.0976. The summed E-state index contributed by atoms with van der Waals surface area (Å²) < 4.78 is 37.9. The van der Waals surface area contributed by atoms with E-state index in [1.165, 1.54) is 0 Å². The highest BCUT2D eigenvalue weighted by Crippen LogP contribution is 2.34. The summed E-state index contributed by atoms with van der Waals surface area (Å²) in [5.74, 6) is 0. The van der Waals surface area contributed by atoms with Crippen molar-refractivity contribution in [2.24, 2.45) is 0 Å². The molecule has 94 valence electrons. The van der Waals surface area contributed by atoms with Crippen molar-refractivity contribution in [2.45, 2.75) is 6.18 Å². The van der Waals surface area contributed by atoms with Gasteiger partial charge >= 0.3 is 6.18 Å². The van der Waals surface area contributed by atoms with Gasteiger partial charge in [0.25, 0.3) is 0 Å². The molecule has 1 nitrogen and oxygen atoms in total. The van der Waals surface area contributed by atoms with Crippen molar-refractivity contribution in [3.63, 3.8) is 0 Å². The summed E-state index contributed by atoms with van der Waals surface area (Å²) in [5.41, 5.74) is -0.343. The van der Waals surface area contributed by atoms with E-state index in [1.807, 2.05) is 0 Å². The second kappa shape index (κ2) is 4.78. The van der Waals surface area contributed by atoms with Crippen molar-refractivity contribution < 1.29 is 13.2 Å². The molecule has 0 aliphatic rings. The Kier molecular flexibility index (Phi) is 3.50. The van der Waals surface area contributed by atoms with Crippen LogP contribution in [0.2, 0.25) is 10.2 Å². The van der Waals surface area contributed by atoms with Gasteiger partial charge in [0.1, 0.15) is 5.15 Å². The fourth-order valence-corrected chi connectivity index (χ4v) is 1.91. The fraction of sp³-hybridized carbons (Fsp3) is 0.0833. The van der Waals surface area contributed by atoms with Crippen LogP contribution < -0.4 is 0 Å². The van der Waals surface area contributed by atoms with Crippen LogP contribution in [0.15, 0.2) is 36.4 Å². The van der Waals surface area contributed by atoms with Gasteiger partial charge in [-0.05, 0) is 18.2 Å². The number of alkyl halides is 3. The molecule has 0 saturated heterocycles. The van der Waals surface area contributed by atoms with E-state index in [1.54, 1.807) is 24.3 Å². The molecule has 0 amide bonds. The van der Waals surface area contributed by atoms with Crippen LogP contribution in [-0.4, -0.2) is 4.98 Å². The van der Waals surface area contributed by atoms with Gasteiger partial charge in [-0.25, -0.2) is 4.98 Å². The van der Waals surface area contributed by atoms with Gasteiger partial charge in [-0.1, -0.05) is 41.4 Å². The van der Waals surface area contributed by atoms with E-state index < -0.39 is 11.7 Å². The third-order valence-corrected chi connectivity index (χ3v) is 2.79. The molecule has 0 aliphatic carbocycles. The Morgan fingerprint density at radius 1 is 1.00 bits per heavy atom. The first-order valence-electron chi connectivity index (χ1n) is 4.87. The monoisotopic (exact) mass is 291 g/mol. The van der Waals surface area contributed by atoms with Gasteiger partial charge in [0, 0.05) is 10.6 Å². The second-order valence-corrected chi connectivity index (χ2v) is 4.34. The zero-order valence-corrected chi connectivity index (χ0v) is 10.3. The van der Waals surface area contributed by atoms with Crippen molar-refractivity contribution in [3.05, 3.63) is 52.1 Å². The fourth-order valence-electron chi connectivity index (χ4n) is 1.47. The molecule has 1 heterocycles. The molecular formula is C12H6Cl2F3N. The standard InChI is InChI=1S/C12H6Cl2F3N/c13-9-4-2-1-3-8(9)10-5-7(12(15,16)17)6-11(14)18-10/h1-6H. The van der Waals surface area contributed by atoms with Crippen LogP contribution in [0.3, 0.4) is 0 Å². The van der Waals surface area contributed by atoms with Crippen molar-refractivity contribution in [1.29, 1.82) is 0 Å². The number of pyridine rings is 1. The van der Waals surface area contributed by atoms with Gasteiger partial charge in [-0.3, -0.25) is 0 Å². The molecule has 2 rings (SSSR count). The topological polar surface area (TPSA) is 12.9 Å². The molecule has 1 aromatic carbocycles. The number of halogens is 5. The molecule has 1 aromatic heterocycles. The maximum atomic E-state index is 12.6. The van der Waals surface area contributed by atoms with Gasteiger partial charge in [0.15, 0.2) is 0 Å². The van der Waals surface area contributed by atoms with Crippen LogP contribution in [0.1, 0.15) is 5.56 Å². The summed E-state index contributed by atoms with van der Waals surface area (Å²) in [6.45, 7) is 0. The van der Waals surface area contributed by atoms with E-state index in [0.717, 1.165) is 12.1 Å². The van der Waals surface area contributed by atoms with Crippen LogP contribution in [0.25, 0.3) is 11.3 Å². The maximum Gasteiger partial charge on any atom is 0.416 e. The molecule has 0 aliphatic heterocycles. The van der Waals surface area contributed by atoms with Crippen molar-refractivity contribution in [3.8, 4) is 11.3 Å². The first-order chi connectivity index (χ1) is 8.38. The van der Waals surface area contributed by atoms with E-state index in [-0.39, 0.29) is 10.8 Å². The SMILES string of the molecule is FC(F)(F)c1cc(Cl)nc(-c2ccccc2Cl)c1. The van der Waals surface area contributed by atoms with Crippen LogP contribution in [0.4, 0.5) is 13.2 Å². The third kappa shape index (κ3) is 2.76. The number of aromatic nitrogens is 1.